The van der Waals surface area contributed by atoms with E-state index in [1.807, 2.05) is 40.8 Å². The number of hydrogen-bond acceptors (Lipinski definition) is 1. The second-order valence-corrected chi connectivity index (χ2v) is 9.75. The van der Waals surface area contributed by atoms with Crippen LogP contribution in [0.3, 0.4) is 0 Å². The van der Waals surface area contributed by atoms with E-state index in [-0.39, 0.29) is 5.56 Å². The SMILES string of the molecule is O=c1c2ccccc2n2c(-c3ccccc3)c(-c3ccccc3)c3c4cc(-c5ccccc5)ccc4n1c32. The molecule has 0 amide bonds. The topological polar surface area (TPSA) is 25.9 Å². The van der Waals surface area contributed by atoms with Crippen molar-refractivity contribution in [2.75, 3.05) is 0 Å². The van der Waals surface area contributed by atoms with Gasteiger partial charge in [-0.2, -0.15) is 0 Å². The van der Waals surface area contributed by atoms with Crippen molar-refractivity contribution in [3.8, 4) is 33.5 Å². The zero-order valence-electron chi connectivity index (χ0n) is 20.5. The zero-order valence-corrected chi connectivity index (χ0v) is 20.5. The first kappa shape index (κ1) is 21.0. The molecule has 0 radical (unpaired) electrons. The molecule has 0 aliphatic carbocycles. The Morgan fingerprint density at radius 2 is 1.03 bits per heavy atom. The van der Waals surface area contributed by atoms with Crippen LogP contribution in [0.25, 0.3) is 66.4 Å². The van der Waals surface area contributed by atoms with Gasteiger partial charge in [-0.15, -0.1) is 0 Å². The Kier molecular flexibility index (Phi) is 4.38. The number of fused-ring (bicyclic) bond motifs is 5. The first-order valence-electron chi connectivity index (χ1n) is 12.8. The van der Waals surface area contributed by atoms with Crippen LogP contribution < -0.4 is 5.56 Å². The molecular weight excluding hydrogens is 464 g/mol. The summed E-state index contributed by atoms with van der Waals surface area (Å²) in [5, 5.41) is 2.89. The summed E-state index contributed by atoms with van der Waals surface area (Å²) in [6.45, 7) is 0. The van der Waals surface area contributed by atoms with Crippen molar-refractivity contribution in [2.45, 2.75) is 0 Å². The first-order valence-corrected chi connectivity index (χ1v) is 12.8. The fraction of sp³-hybridized carbons (Fsp3) is 0. The van der Waals surface area contributed by atoms with Crippen LogP contribution in [0, 0.1) is 0 Å². The molecule has 0 spiro atoms. The molecule has 8 rings (SSSR count). The average Bonchev–Trinajstić information content (AvgIpc) is 3.51. The molecule has 0 aliphatic rings. The van der Waals surface area contributed by atoms with Crippen LogP contribution >= 0.6 is 0 Å². The highest BCUT2D eigenvalue weighted by atomic mass is 16.1. The molecule has 0 bridgehead atoms. The number of rotatable bonds is 3. The Morgan fingerprint density at radius 3 is 1.74 bits per heavy atom. The molecule has 3 heteroatoms. The molecule has 8 aromatic rings. The summed E-state index contributed by atoms with van der Waals surface area (Å²) in [7, 11) is 0. The molecule has 5 aromatic carbocycles. The molecule has 178 valence electrons. The molecule has 0 saturated heterocycles. The van der Waals surface area contributed by atoms with Crippen molar-refractivity contribution in [2.24, 2.45) is 0 Å². The lowest BCUT2D eigenvalue weighted by molar-refractivity contribution is 1.10. The lowest BCUT2D eigenvalue weighted by Crippen LogP contribution is -2.15. The van der Waals surface area contributed by atoms with Gasteiger partial charge >= 0.3 is 0 Å². The van der Waals surface area contributed by atoms with Crippen molar-refractivity contribution in [3.05, 3.63) is 144 Å². The molecule has 3 aromatic heterocycles. The molecule has 3 nitrogen and oxygen atoms in total. The van der Waals surface area contributed by atoms with Gasteiger partial charge in [0.25, 0.3) is 5.56 Å². The van der Waals surface area contributed by atoms with Gasteiger partial charge in [-0.1, -0.05) is 109 Å². The second-order valence-electron chi connectivity index (χ2n) is 9.75. The average molecular weight is 487 g/mol. The smallest absolute Gasteiger partial charge is 0.266 e. The predicted molar refractivity (Wildman–Crippen MR) is 157 cm³/mol. The van der Waals surface area contributed by atoms with E-state index in [4.69, 9.17) is 0 Å². The Labute approximate surface area is 218 Å². The van der Waals surface area contributed by atoms with E-state index < -0.39 is 0 Å². The van der Waals surface area contributed by atoms with Crippen LogP contribution in [-0.2, 0) is 0 Å². The van der Waals surface area contributed by atoms with Crippen LogP contribution in [0.1, 0.15) is 0 Å². The first-order chi connectivity index (χ1) is 18.8. The molecular formula is C35H22N2O. The molecule has 0 saturated carbocycles. The molecule has 0 aliphatic heterocycles. The summed E-state index contributed by atoms with van der Waals surface area (Å²) in [4.78, 5) is 14.1. The van der Waals surface area contributed by atoms with Crippen LogP contribution in [0.4, 0.5) is 0 Å². The monoisotopic (exact) mass is 486 g/mol. The summed E-state index contributed by atoms with van der Waals surface area (Å²) in [5.74, 6) is 0. The maximum atomic E-state index is 14.1. The van der Waals surface area contributed by atoms with E-state index in [9.17, 15) is 4.79 Å². The number of para-hydroxylation sites is 1. The highest BCUT2D eigenvalue weighted by Crippen LogP contribution is 2.46. The van der Waals surface area contributed by atoms with Crippen molar-refractivity contribution in [3.63, 3.8) is 0 Å². The summed E-state index contributed by atoms with van der Waals surface area (Å²) in [6.07, 6.45) is 0. The number of benzene rings is 5. The maximum Gasteiger partial charge on any atom is 0.266 e. The lowest BCUT2D eigenvalue weighted by atomic mass is 9.96. The molecule has 0 N–H and O–H groups in total. The van der Waals surface area contributed by atoms with Gasteiger partial charge in [0.15, 0.2) is 0 Å². The minimum Gasteiger partial charge on any atom is -0.293 e. The minimum atomic E-state index is 0.0114. The molecule has 0 atom stereocenters. The standard InChI is InChI=1S/C35H22N2O/c38-35-27-18-10-11-19-29(27)36-33(25-16-8-3-9-17-25)31(24-14-6-2-7-15-24)32-28-22-26(23-12-4-1-5-13-23)20-21-30(28)37(35)34(32)36/h1-22H. The molecule has 0 unspecified atom stereocenters. The van der Waals surface area contributed by atoms with Gasteiger partial charge in [-0.25, -0.2) is 0 Å². The Hall–Kier alpha value is -5.15. The lowest BCUT2D eigenvalue weighted by Gasteiger charge is -2.12. The summed E-state index contributed by atoms with van der Waals surface area (Å²) < 4.78 is 4.21. The summed E-state index contributed by atoms with van der Waals surface area (Å²) in [6, 6.07) is 45.9. The fourth-order valence-corrected chi connectivity index (χ4v) is 6.05. The van der Waals surface area contributed by atoms with Crippen LogP contribution in [0.2, 0.25) is 0 Å². The molecule has 3 heterocycles. The van der Waals surface area contributed by atoms with Crippen molar-refractivity contribution < 1.29 is 0 Å². The van der Waals surface area contributed by atoms with E-state index >= 15 is 0 Å². The van der Waals surface area contributed by atoms with Gasteiger partial charge < -0.3 is 0 Å². The van der Waals surface area contributed by atoms with Crippen molar-refractivity contribution in [1.82, 2.24) is 8.80 Å². The van der Waals surface area contributed by atoms with Crippen LogP contribution in [0.15, 0.2) is 138 Å². The Bertz CT molecular complexity index is 2170. The number of aromatic nitrogens is 2. The highest BCUT2D eigenvalue weighted by molar-refractivity contribution is 6.20. The van der Waals surface area contributed by atoms with E-state index in [2.05, 4.69) is 101 Å². The van der Waals surface area contributed by atoms with Gasteiger partial charge in [-0.05, 0) is 46.5 Å². The number of nitrogens with zero attached hydrogens (tertiary/aromatic N) is 2. The van der Waals surface area contributed by atoms with E-state index in [0.29, 0.717) is 5.39 Å². The highest BCUT2D eigenvalue weighted by Gasteiger charge is 2.27. The van der Waals surface area contributed by atoms with Gasteiger partial charge in [0, 0.05) is 16.3 Å². The molecule has 38 heavy (non-hydrogen) atoms. The molecule has 0 fully saturated rings. The van der Waals surface area contributed by atoms with Gasteiger partial charge in [0.2, 0.25) is 0 Å². The predicted octanol–water partition coefficient (Wildman–Crippen LogP) is 8.30. The quantitative estimate of drug-likeness (QED) is 0.247. The maximum absolute atomic E-state index is 14.1. The second kappa shape index (κ2) is 7.92. The Balaban J connectivity index is 1.68. The third-order valence-electron chi connectivity index (χ3n) is 7.66. The van der Waals surface area contributed by atoms with Crippen molar-refractivity contribution in [1.29, 1.82) is 0 Å². The van der Waals surface area contributed by atoms with Gasteiger partial charge in [0.05, 0.1) is 22.1 Å². The minimum absolute atomic E-state index is 0.0114. The van der Waals surface area contributed by atoms with E-state index in [1.54, 1.807) is 0 Å². The third kappa shape index (κ3) is 2.81. The fourth-order valence-electron chi connectivity index (χ4n) is 6.05. The van der Waals surface area contributed by atoms with E-state index in [1.165, 1.54) is 0 Å². The van der Waals surface area contributed by atoms with Crippen LogP contribution in [0.5, 0.6) is 0 Å². The largest absolute Gasteiger partial charge is 0.293 e. The third-order valence-corrected chi connectivity index (χ3v) is 7.66. The summed E-state index contributed by atoms with van der Waals surface area (Å²) in [5.41, 5.74) is 9.56. The Morgan fingerprint density at radius 1 is 0.447 bits per heavy atom. The van der Waals surface area contributed by atoms with E-state index in [0.717, 1.165) is 61.0 Å². The van der Waals surface area contributed by atoms with Gasteiger partial charge in [-0.3, -0.25) is 13.6 Å². The zero-order chi connectivity index (χ0) is 25.2. The number of hydrogen-bond donors (Lipinski definition) is 0. The summed E-state index contributed by atoms with van der Waals surface area (Å²) >= 11 is 0. The van der Waals surface area contributed by atoms with Gasteiger partial charge in [0.1, 0.15) is 5.65 Å². The van der Waals surface area contributed by atoms with Crippen LogP contribution in [-0.4, -0.2) is 8.80 Å². The van der Waals surface area contributed by atoms with Crippen molar-refractivity contribution >= 4 is 32.8 Å². The normalized spacial score (nSPS) is 11.8.